The van der Waals surface area contributed by atoms with E-state index in [0.717, 1.165) is 19.4 Å². The van der Waals surface area contributed by atoms with E-state index in [-0.39, 0.29) is 24.4 Å². The zero-order chi connectivity index (χ0) is 12.8. The van der Waals surface area contributed by atoms with Gasteiger partial charge in [-0.1, -0.05) is 0 Å². The van der Waals surface area contributed by atoms with Crippen LogP contribution in [0.25, 0.3) is 0 Å². The van der Waals surface area contributed by atoms with Crippen molar-refractivity contribution in [1.29, 1.82) is 0 Å². The molecule has 0 aromatic carbocycles. The van der Waals surface area contributed by atoms with Crippen molar-refractivity contribution in [2.24, 2.45) is 0 Å². The van der Waals surface area contributed by atoms with Crippen LogP contribution in [0, 0.1) is 0 Å². The molecule has 1 unspecified atom stereocenters. The Morgan fingerprint density at radius 1 is 1.47 bits per heavy atom. The number of carboxylic acid groups (broad SMARTS) is 1. The second-order valence-corrected chi connectivity index (χ2v) is 4.82. The summed E-state index contributed by atoms with van der Waals surface area (Å²) in [5.41, 5.74) is 0. The van der Waals surface area contributed by atoms with Crippen LogP contribution in [-0.2, 0) is 9.59 Å². The van der Waals surface area contributed by atoms with Gasteiger partial charge in [0.2, 0.25) is 5.91 Å². The Bertz CT molecular complexity index is 273. The minimum absolute atomic E-state index is 0.0159. The van der Waals surface area contributed by atoms with Gasteiger partial charge in [0.05, 0.1) is 6.42 Å². The smallest absolute Gasteiger partial charge is 0.305 e. The number of hydrogen-bond donors (Lipinski definition) is 2. The van der Waals surface area contributed by atoms with Crippen molar-refractivity contribution in [3.05, 3.63) is 0 Å². The van der Waals surface area contributed by atoms with Gasteiger partial charge in [-0.15, -0.1) is 0 Å². The van der Waals surface area contributed by atoms with Gasteiger partial charge in [-0.2, -0.15) is 0 Å². The molecule has 1 aliphatic heterocycles. The maximum atomic E-state index is 12.0. The molecule has 0 radical (unpaired) electrons. The van der Waals surface area contributed by atoms with Crippen LogP contribution in [0.2, 0.25) is 0 Å². The molecule has 17 heavy (non-hydrogen) atoms. The zero-order valence-corrected chi connectivity index (χ0v) is 10.6. The van der Waals surface area contributed by atoms with Gasteiger partial charge in [0.1, 0.15) is 0 Å². The van der Waals surface area contributed by atoms with Gasteiger partial charge in [-0.05, 0) is 33.2 Å². The van der Waals surface area contributed by atoms with Gasteiger partial charge < -0.3 is 15.3 Å². The Morgan fingerprint density at radius 3 is 2.65 bits per heavy atom. The summed E-state index contributed by atoms with van der Waals surface area (Å²) in [5.74, 6) is -0.803. The van der Waals surface area contributed by atoms with Gasteiger partial charge in [-0.3, -0.25) is 9.59 Å². The van der Waals surface area contributed by atoms with Crippen LogP contribution < -0.4 is 5.32 Å². The minimum Gasteiger partial charge on any atom is -0.481 e. The topological polar surface area (TPSA) is 69.6 Å². The second kappa shape index (κ2) is 6.59. The number of rotatable bonds is 6. The molecule has 0 aromatic rings. The predicted octanol–water partition coefficient (Wildman–Crippen LogP) is 0.840. The van der Waals surface area contributed by atoms with E-state index in [1.54, 1.807) is 4.90 Å². The van der Waals surface area contributed by atoms with Crippen LogP contribution >= 0.6 is 0 Å². The van der Waals surface area contributed by atoms with Gasteiger partial charge in [0.25, 0.3) is 0 Å². The molecule has 5 nitrogen and oxygen atoms in total. The standard InChI is InChI=1S/C12H22N2O3/c1-9(2)14(7-5-12(16)17)11(15)8-10-4-3-6-13-10/h9-10,13H,3-8H2,1-2H3,(H,16,17). The molecule has 1 rings (SSSR count). The molecule has 1 heterocycles. The number of aliphatic carboxylic acids is 1. The second-order valence-electron chi connectivity index (χ2n) is 4.82. The van der Waals surface area contributed by atoms with Crippen molar-refractivity contribution in [3.63, 3.8) is 0 Å². The molecule has 0 bridgehead atoms. The van der Waals surface area contributed by atoms with Crippen molar-refractivity contribution < 1.29 is 14.7 Å². The Morgan fingerprint density at radius 2 is 2.18 bits per heavy atom. The Hall–Kier alpha value is -1.10. The Labute approximate surface area is 102 Å². The third kappa shape index (κ3) is 4.73. The summed E-state index contributed by atoms with van der Waals surface area (Å²) < 4.78 is 0. The highest BCUT2D eigenvalue weighted by Gasteiger charge is 2.23. The Kier molecular flexibility index (Phi) is 5.41. The van der Waals surface area contributed by atoms with Gasteiger partial charge in [0, 0.05) is 25.0 Å². The lowest BCUT2D eigenvalue weighted by Crippen LogP contribution is -2.41. The fourth-order valence-electron chi connectivity index (χ4n) is 2.15. The molecule has 1 aliphatic rings. The normalized spacial score (nSPS) is 19.6. The largest absolute Gasteiger partial charge is 0.481 e. The number of nitrogens with zero attached hydrogens (tertiary/aromatic N) is 1. The molecule has 1 amide bonds. The molecule has 0 aliphatic carbocycles. The molecule has 1 atom stereocenters. The molecular formula is C12H22N2O3. The molecule has 0 saturated carbocycles. The van der Waals surface area contributed by atoms with E-state index < -0.39 is 5.97 Å². The number of nitrogens with one attached hydrogen (secondary N) is 1. The van der Waals surface area contributed by atoms with E-state index in [1.165, 1.54) is 0 Å². The van der Waals surface area contributed by atoms with E-state index in [0.29, 0.717) is 13.0 Å². The monoisotopic (exact) mass is 242 g/mol. The fraction of sp³-hybridized carbons (Fsp3) is 0.833. The van der Waals surface area contributed by atoms with Crippen LogP contribution in [0.15, 0.2) is 0 Å². The van der Waals surface area contributed by atoms with E-state index in [1.807, 2.05) is 13.8 Å². The molecular weight excluding hydrogens is 220 g/mol. The maximum Gasteiger partial charge on any atom is 0.305 e. The average Bonchev–Trinajstić information content (AvgIpc) is 2.69. The van der Waals surface area contributed by atoms with Crippen LogP contribution in [0.3, 0.4) is 0 Å². The highest BCUT2D eigenvalue weighted by Crippen LogP contribution is 2.12. The SMILES string of the molecule is CC(C)N(CCC(=O)O)C(=O)CC1CCCN1. The van der Waals surface area contributed by atoms with Crippen LogP contribution in [0.1, 0.15) is 39.5 Å². The van der Waals surface area contributed by atoms with E-state index in [2.05, 4.69) is 5.32 Å². The highest BCUT2D eigenvalue weighted by molar-refractivity contribution is 5.78. The lowest BCUT2D eigenvalue weighted by molar-refractivity contribution is -0.139. The molecule has 0 aromatic heterocycles. The first-order valence-corrected chi connectivity index (χ1v) is 6.25. The number of carbonyl (C=O) groups excluding carboxylic acids is 1. The highest BCUT2D eigenvalue weighted by atomic mass is 16.4. The van der Waals surface area contributed by atoms with Crippen LogP contribution in [0.5, 0.6) is 0 Å². The van der Waals surface area contributed by atoms with E-state index >= 15 is 0 Å². The average molecular weight is 242 g/mol. The quantitative estimate of drug-likeness (QED) is 0.724. The summed E-state index contributed by atoms with van der Waals surface area (Å²) in [5, 5.41) is 11.9. The Balaban J connectivity index is 2.44. The van der Waals surface area contributed by atoms with Crippen LogP contribution in [-0.4, -0.2) is 47.1 Å². The summed E-state index contributed by atoms with van der Waals surface area (Å²) in [6.07, 6.45) is 2.66. The lowest BCUT2D eigenvalue weighted by Gasteiger charge is -2.27. The van der Waals surface area contributed by atoms with Gasteiger partial charge >= 0.3 is 5.97 Å². The fourth-order valence-corrected chi connectivity index (χ4v) is 2.15. The van der Waals surface area contributed by atoms with Gasteiger partial charge in [-0.25, -0.2) is 0 Å². The van der Waals surface area contributed by atoms with Gasteiger partial charge in [0.15, 0.2) is 0 Å². The van der Waals surface area contributed by atoms with E-state index in [4.69, 9.17) is 5.11 Å². The van der Waals surface area contributed by atoms with Crippen molar-refractivity contribution in [3.8, 4) is 0 Å². The first-order valence-electron chi connectivity index (χ1n) is 6.25. The number of hydrogen-bond acceptors (Lipinski definition) is 3. The van der Waals surface area contributed by atoms with Crippen molar-refractivity contribution in [2.45, 2.75) is 51.6 Å². The third-order valence-electron chi connectivity index (χ3n) is 3.09. The van der Waals surface area contributed by atoms with Crippen molar-refractivity contribution in [2.75, 3.05) is 13.1 Å². The third-order valence-corrected chi connectivity index (χ3v) is 3.09. The molecule has 1 fully saturated rings. The molecule has 5 heteroatoms. The summed E-state index contributed by atoms with van der Waals surface area (Å²) in [6.45, 7) is 5.12. The number of amides is 1. The van der Waals surface area contributed by atoms with Crippen molar-refractivity contribution in [1.82, 2.24) is 10.2 Å². The lowest BCUT2D eigenvalue weighted by atomic mass is 10.1. The number of carbonyl (C=O) groups is 2. The molecule has 0 spiro atoms. The minimum atomic E-state index is -0.859. The summed E-state index contributed by atoms with van der Waals surface area (Å²) in [6, 6.07) is 0.330. The maximum absolute atomic E-state index is 12.0. The first kappa shape index (κ1) is 14.0. The molecule has 2 N–H and O–H groups in total. The first-order chi connectivity index (χ1) is 8.00. The zero-order valence-electron chi connectivity index (χ0n) is 10.6. The molecule has 1 saturated heterocycles. The van der Waals surface area contributed by atoms with E-state index in [9.17, 15) is 9.59 Å². The predicted molar refractivity (Wildman–Crippen MR) is 64.7 cm³/mol. The molecule has 98 valence electrons. The van der Waals surface area contributed by atoms with Crippen molar-refractivity contribution >= 4 is 11.9 Å². The van der Waals surface area contributed by atoms with Crippen LogP contribution in [0.4, 0.5) is 0 Å². The number of carboxylic acids is 1. The summed E-state index contributed by atoms with van der Waals surface area (Å²) in [4.78, 5) is 24.3. The summed E-state index contributed by atoms with van der Waals surface area (Å²) in [7, 11) is 0. The summed E-state index contributed by atoms with van der Waals surface area (Å²) >= 11 is 0.